The lowest BCUT2D eigenvalue weighted by atomic mass is 9.84. The number of carbonyl (C=O) groups excluding carboxylic acids is 1. The van der Waals surface area contributed by atoms with Gasteiger partial charge in [-0.25, -0.2) is 9.37 Å². The van der Waals surface area contributed by atoms with Crippen molar-refractivity contribution in [3.63, 3.8) is 0 Å². The number of carbonyl (C=O) groups is 1. The van der Waals surface area contributed by atoms with Crippen molar-refractivity contribution in [3.05, 3.63) is 46.7 Å². The third-order valence-electron chi connectivity index (χ3n) is 4.76. The van der Waals surface area contributed by atoms with Gasteiger partial charge in [-0.3, -0.25) is 4.79 Å². The van der Waals surface area contributed by atoms with E-state index < -0.39 is 0 Å². The van der Waals surface area contributed by atoms with Crippen molar-refractivity contribution in [2.45, 2.75) is 32.6 Å². The van der Waals surface area contributed by atoms with E-state index in [1.807, 2.05) is 6.07 Å². The van der Waals surface area contributed by atoms with Gasteiger partial charge in [0.2, 0.25) is 5.91 Å². The third kappa shape index (κ3) is 5.34. The molecule has 0 bridgehead atoms. The first-order chi connectivity index (χ1) is 12.1. The summed E-state index contributed by atoms with van der Waals surface area (Å²) >= 11 is 1.45. The Morgan fingerprint density at radius 2 is 2.24 bits per heavy atom. The summed E-state index contributed by atoms with van der Waals surface area (Å²) in [6.07, 6.45) is 5.19. The summed E-state index contributed by atoms with van der Waals surface area (Å²) in [5.41, 5.74) is 0.904. The quantitative estimate of drug-likeness (QED) is 0.822. The van der Waals surface area contributed by atoms with Crippen molar-refractivity contribution in [3.8, 4) is 0 Å². The Balaban J connectivity index is 1.51. The first-order valence-corrected chi connectivity index (χ1v) is 9.61. The molecular formula is C19H24FN3OS. The van der Waals surface area contributed by atoms with Crippen molar-refractivity contribution >= 4 is 22.4 Å². The number of nitrogens with one attached hydrogen (secondary N) is 2. The zero-order chi connectivity index (χ0) is 17.6. The van der Waals surface area contributed by atoms with Crippen LogP contribution in [-0.4, -0.2) is 24.0 Å². The average molecular weight is 361 g/mol. The van der Waals surface area contributed by atoms with Crippen LogP contribution in [0.15, 0.2) is 30.5 Å². The Labute approximate surface area is 151 Å². The van der Waals surface area contributed by atoms with Crippen LogP contribution in [0.3, 0.4) is 0 Å². The van der Waals surface area contributed by atoms with Crippen LogP contribution >= 0.6 is 11.3 Å². The number of hydrogen-bond acceptors (Lipinski definition) is 4. The molecule has 1 saturated heterocycles. The lowest BCUT2D eigenvalue weighted by Gasteiger charge is -2.27. The molecule has 1 unspecified atom stereocenters. The van der Waals surface area contributed by atoms with Crippen LogP contribution < -0.4 is 10.6 Å². The van der Waals surface area contributed by atoms with Gasteiger partial charge in [-0.05, 0) is 55.5 Å². The van der Waals surface area contributed by atoms with Gasteiger partial charge in [0, 0.05) is 23.9 Å². The molecule has 0 spiro atoms. The Hall–Kier alpha value is -1.79. The number of hydrogen-bond donors (Lipinski definition) is 2. The molecule has 0 saturated carbocycles. The van der Waals surface area contributed by atoms with Gasteiger partial charge in [0.15, 0.2) is 5.13 Å². The van der Waals surface area contributed by atoms with Gasteiger partial charge in [-0.15, -0.1) is 11.3 Å². The highest BCUT2D eigenvalue weighted by Crippen LogP contribution is 2.26. The Kier molecular flexibility index (Phi) is 6.15. The van der Waals surface area contributed by atoms with Crippen LogP contribution in [0, 0.1) is 17.7 Å². The zero-order valence-corrected chi connectivity index (χ0v) is 15.2. The second-order valence-corrected chi connectivity index (χ2v) is 7.87. The summed E-state index contributed by atoms with van der Waals surface area (Å²) < 4.78 is 13.2. The van der Waals surface area contributed by atoms with E-state index in [0.717, 1.165) is 36.4 Å². The van der Waals surface area contributed by atoms with E-state index in [1.54, 1.807) is 12.3 Å². The van der Waals surface area contributed by atoms with Crippen LogP contribution in [0.5, 0.6) is 0 Å². The number of nitrogens with zero attached hydrogens (tertiary/aromatic N) is 1. The molecule has 4 nitrogen and oxygen atoms in total. The van der Waals surface area contributed by atoms with E-state index >= 15 is 0 Å². The molecule has 3 rings (SSSR count). The number of aromatic nitrogens is 1. The molecule has 6 heteroatoms. The lowest BCUT2D eigenvalue weighted by molar-refractivity contribution is -0.117. The molecule has 134 valence electrons. The van der Waals surface area contributed by atoms with Crippen LogP contribution in [0.4, 0.5) is 9.52 Å². The Morgan fingerprint density at radius 3 is 3.00 bits per heavy atom. The van der Waals surface area contributed by atoms with E-state index in [1.165, 1.54) is 23.5 Å². The largest absolute Gasteiger partial charge is 0.317 e. The molecule has 25 heavy (non-hydrogen) atoms. The first kappa shape index (κ1) is 18.0. The number of amides is 1. The maximum Gasteiger partial charge on any atom is 0.226 e. The Bertz CT molecular complexity index is 712. The summed E-state index contributed by atoms with van der Waals surface area (Å²) in [4.78, 5) is 17.6. The standard InChI is InChI=1S/C19H24FN3OS/c1-13(15-5-7-21-8-6-15)9-18(24)23-19-22-12-17(25-19)11-14-3-2-4-16(20)10-14/h2-4,10,12-13,15,21H,5-9,11H2,1H3,(H,22,23,24). The first-order valence-electron chi connectivity index (χ1n) is 8.80. The van der Waals surface area contributed by atoms with E-state index in [-0.39, 0.29) is 11.7 Å². The van der Waals surface area contributed by atoms with Crippen molar-refractivity contribution < 1.29 is 9.18 Å². The lowest BCUT2D eigenvalue weighted by Crippen LogP contribution is -2.32. The maximum atomic E-state index is 13.2. The minimum absolute atomic E-state index is 0.0256. The van der Waals surface area contributed by atoms with Gasteiger partial charge >= 0.3 is 0 Å². The number of piperidine rings is 1. The summed E-state index contributed by atoms with van der Waals surface area (Å²) in [5, 5.41) is 6.88. The number of thiazole rings is 1. The maximum absolute atomic E-state index is 13.2. The van der Waals surface area contributed by atoms with Crippen LogP contribution in [-0.2, 0) is 11.2 Å². The van der Waals surface area contributed by atoms with Crippen molar-refractivity contribution in [1.29, 1.82) is 0 Å². The van der Waals surface area contributed by atoms with Gasteiger partial charge in [-0.1, -0.05) is 19.1 Å². The predicted molar refractivity (Wildman–Crippen MR) is 99.3 cm³/mol. The SMILES string of the molecule is CC(CC(=O)Nc1ncc(Cc2cccc(F)c2)s1)C1CCNCC1. The molecule has 0 radical (unpaired) electrons. The molecule has 1 aromatic carbocycles. The van der Waals surface area contributed by atoms with E-state index in [0.29, 0.717) is 29.8 Å². The zero-order valence-electron chi connectivity index (χ0n) is 14.4. The summed E-state index contributed by atoms with van der Waals surface area (Å²) in [6, 6.07) is 6.56. The molecule has 1 aromatic heterocycles. The van der Waals surface area contributed by atoms with E-state index in [9.17, 15) is 9.18 Å². The molecule has 1 aliphatic heterocycles. The molecule has 0 aliphatic carbocycles. The summed E-state index contributed by atoms with van der Waals surface area (Å²) in [6.45, 7) is 4.26. The van der Waals surface area contributed by atoms with Gasteiger partial charge in [0.25, 0.3) is 0 Å². The fraction of sp³-hybridized carbons (Fsp3) is 0.474. The Morgan fingerprint density at radius 1 is 1.44 bits per heavy atom. The molecular weight excluding hydrogens is 337 g/mol. The van der Waals surface area contributed by atoms with Crippen LogP contribution in [0.1, 0.15) is 36.6 Å². The minimum atomic E-state index is -0.234. The molecule has 2 heterocycles. The third-order valence-corrected chi connectivity index (χ3v) is 5.68. The van der Waals surface area contributed by atoms with Crippen molar-refractivity contribution in [2.24, 2.45) is 11.8 Å². The summed E-state index contributed by atoms with van der Waals surface area (Å²) in [7, 11) is 0. The highest BCUT2D eigenvalue weighted by atomic mass is 32.1. The topological polar surface area (TPSA) is 54.0 Å². The fourth-order valence-electron chi connectivity index (χ4n) is 3.34. The fourth-order valence-corrected chi connectivity index (χ4v) is 4.20. The van der Waals surface area contributed by atoms with E-state index in [2.05, 4.69) is 22.5 Å². The molecule has 1 fully saturated rings. The van der Waals surface area contributed by atoms with Crippen LogP contribution in [0.2, 0.25) is 0 Å². The molecule has 2 aromatic rings. The average Bonchev–Trinajstić information content (AvgIpc) is 3.02. The number of anilines is 1. The van der Waals surface area contributed by atoms with Gasteiger partial charge in [0.05, 0.1) is 0 Å². The van der Waals surface area contributed by atoms with Crippen molar-refractivity contribution in [2.75, 3.05) is 18.4 Å². The number of halogens is 1. The van der Waals surface area contributed by atoms with Gasteiger partial charge < -0.3 is 10.6 Å². The monoisotopic (exact) mass is 361 g/mol. The molecule has 1 aliphatic rings. The second kappa shape index (κ2) is 8.54. The van der Waals surface area contributed by atoms with Crippen molar-refractivity contribution in [1.82, 2.24) is 10.3 Å². The van der Waals surface area contributed by atoms with Crippen LogP contribution in [0.25, 0.3) is 0 Å². The second-order valence-electron chi connectivity index (χ2n) is 6.76. The highest BCUT2D eigenvalue weighted by Gasteiger charge is 2.22. The van der Waals surface area contributed by atoms with Gasteiger partial charge in [0.1, 0.15) is 5.82 Å². The number of rotatable bonds is 6. The highest BCUT2D eigenvalue weighted by molar-refractivity contribution is 7.15. The van der Waals surface area contributed by atoms with E-state index in [4.69, 9.17) is 0 Å². The molecule has 1 atom stereocenters. The molecule has 2 N–H and O–H groups in total. The smallest absolute Gasteiger partial charge is 0.226 e. The molecule has 1 amide bonds. The van der Waals surface area contributed by atoms with Gasteiger partial charge in [-0.2, -0.15) is 0 Å². The predicted octanol–water partition coefficient (Wildman–Crippen LogP) is 3.84. The normalized spacial score (nSPS) is 16.6. The summed E-state index contributed by atoms with van der Waals surface area (Å²) in [5.74, 6) is 0.792. The number of benzene rings is 1. The minimum Gasteiger partial charge on any atom is -0.317 e.